The van der Waals surface area contributed by atoms with Crippen LogP contribution in [0.25, 0.3) is 22.8 Å². The molecule has 0 bridgehead atoms. The minimum atomic E-state index is -4.64. The molecule has 0 saturated carbocycles. The summed E-state index contributed by atoms with van der Waals surface area (Å²) in [6.07, 6.45) is -1.57. The third kappa shape index (κ3) is 6.35. The standard InChI is InChI=1S/C31H29F3N8O3/c1-19(29-37-16-25(45-29)18-39(3)4)36-17-27(43)41-28(26-12-13-38-42(26)23-10-8-21(15-35)9-11-23)20(2)40(30(41)44)24-7-5-6-22(14-24)31(32,33)34/h5-14,16,19,36H,17-18H2,1-4H3/t19-/m0/s1. The predicted octanol–water partition coefficient (Wildman–Crippen LogP) is 4.73. The number of alkyl halides is 3. The first-order valence-electron chi connectivity index (χ1n) is 13.8. The van der Waals surface area contributed by atoms with Crippen LogP contribution in [-0.4, -0.2) is 55.3 Å². The molecule has 0 aliphatic rings. The molecule has 2 aromatic carbocycles. The second kappa shape index (κ2) is 12.4. The van der Waals surface area contributed by atoms with E-state index in [1.807, 2.05) is 25.1 Å². The van der Waals surface area contributed by atoms with Crippen LogP contribution in [0.3, 0.4) is 0 Å². The second-order valence-corrected chi connectivity index (χ2v) is 10.6. The number of imidazole rings is 1. The molecule has 0 spiro atoms. The van der Waals surface area contributed by atoms with E-state index >= 15 is 0 Å². The zero-order valence-electron chi connectivity index (χ0n) is 24.8. The van der Waals surface area contributed by atoms with Gasteiger partial charge >= 0.3 is 11.9 Å². The summed E-state index contributed by atoms with van der Waals surface area (Å²) in [5.41, 5.74) is -0.188. The Hall–Kier alpha value is -5.26. The van der Waals surface area contributed by atoms with Crippen molar-refractivity contribution in [2.24, 2.45) is 0 Å². The molecule has 5 aromatic rings. The maximum absolute atomic E-state index is 14.0. The van der Waals surface area contributed by atoms with Gasteiger partial charge in [-0.3, -0.25) is 14.7 Å². The van der Waals surface area contributed by atoms with Gasteiger partial charge in [0, 0.05) is 0 Å². The van der Waals surface area contributed by atoms with Crippen molar-refractivity contribution in [1.82, 2.24) is 34.1 Å². The molecule has 1 atom stereocenters. The number of carbonyl (C=O) groups is 1. The molecule has 0 amide bonds. The number of carbonyl (C=O) groups excluding carboxylic acids is 1. The second-order valence-electron chi connectivity index (χ2n) is 10.6. The van der Waals surface area contributed by atoms with Crippen LogP contribution >= 0.6 is 0 Å². The molecule has 14 heteroatoms. The van der Waals surface area contributed by atoms with E-state index < -0.39 is 29.4 Å². The average molecular weight is 619 g/mol. The molecule has 0 radical (unpaired) electrons. The van der Waals surface area contributed by atoms with Crippen molar-refractivity contribution >= 4 is 5.91 Å². The van der Waals surface area contributed by atoms with E-state index in [-0.39, 0.29) is 23.6 Å². The van der Waals surface area contributed by atoms with Gasteiger partial charge in [0.05, 0.1) is 77.2 Å². The highest BCUT2D eigenvalue weighted by molar-refractivity contribution is 5.86. The number of hydrogen-bond acceptors (Lipinski definition) is 8. The lowest BCUT2D eigenvalue weighted by molar-refractivity contribution is -0.137. The zero-order chi connectivity index (χ0) is 32.5. The van der Waals surface area contributed by atoms with Gasteiger partial charge in [-0.15, -0.1) is 0 Å². The number of benzene rings is 2. The summed E-state index contributed by atoms with van der Waals surface area (Å²) in [4.78, 5) is 34.0. The van der Waals surface area contributed by atoms with Gasteiger partial charge in [-0.05, 0) is 76.5 Å². The number of hydrogen-bond donors (Lipinski definition) is 1. The Morgan fingerprint density at radius 1 is 1.13 bits per heavy atom. The van der Waals surface area contributed by atoms with Gasteiger partial charge in [0.1, 0.15) is 5.76 Å². The Balaban J connectivity index is 1.58. The summed E-state index contributed by atoms with van der Waals surface area (Å²) in [5.74, 6) is 0.325. The van der Waals surface area contributed by atoms with Crippen molar-refractivity contribution in [1.29, 1.82) is 5.26 Å². The maximum atomic E-state index is 14.0. The number of nitrogens with zero attached hydrogens (tertiary/aromatic N) is 7. The van der Waals surface area contributed by atoms with Crippen LogP contribution in [0.1, 0.15) is 46.2 Å². The third-order valence-corrected chi connectivity index (χ3v) is 7.07. The first-order chi connectivity index (χ1) is 21.4. The molecule has 1 N–H and O–H groups in total. The van der Waals surface area contributed by atoms with Crippen LogP contribution in [0.5, 0.6) is 0 Å². The quantitative estimate of drug-likeness (QED) is 0.251. The predicted molar refractivity (Wildman–Crippen MR) is 158 cm³/mol. The summed E-state index contributed by atoms with van der Waals surface area (Å²) < 4.78 is 50.0. The van der Waals surface area contributed by atoms with E-state index in [9.17, 15) is 28.0 Å². The highest BCUT2D eigenvalue weighted by Gasteiger charge is 2.32. The van der Waals surface area contributed by atoms with E-state index in [1.165, 1.54) is 23.0 Å². The number of oxazole rings is 1. The lowest BCUT2D eigenvalue weighted by Gasteiger charge is -2.13. The van der Waals surface area contributed by atoms with Crippen LogP contribution < -0.4 is 11.0 Å². The first-order valence-corrected chi connectivity index (χ1v) is 13.8. The van der Waals surface area contributed by atoms with Crippen LogP contribution in [0.4, 0.5) is 13.2 Å². The Labute approximate surface area is 255 Å². The van der Waals surface area contributed by atoms with Crippen molar-refractivity contribution in [2.45, 2.75) is 32.6 Å². The van der Waals surface area contributed by atoms with Gasteiger partial charge in [-0.25, -0.2) is 19.0 Å². The molecule has 0 fully saturated rings. The zero-order valence-corrected chi connectivity index (χ0v) is 24.8. The van der Waals surface area contributed by atoms with Gasteiger partial charge in [0.15, 0.2) is 0 Å². The van der Waals surface area contributed by atoms with E-state index in [4.69, 9.17) is 4.42 Å². The fourth-order valence-electron chi connectivity index (χ4n) is 4.94. The van der Waals surface area contributed by atoms with E-state index in [0.717, 1.165) is 21.3 Å². The molecule has 45 heavy (non-hydrogen) atoms. The van der Waals surface area contributed by atoms with Gasteiger partial charge in [0.2, 0.25) is 11.8 Å². The highest BCUT2D eigenvalue weighted by atomic mass is 19.4. The molecule has 3 heterocycles. The Morgan fingerprint density at radius 2 is 1.87 bits per heavy atom. The minimum Gasteiger partial charge on any atom is -0.443 e. The van der Waals surface area contributed by atoms with Crippen molar-refractivity contribution in [3.8, 4) is 28.8 Å². The lowest BCUT2D eigenvalue weighted by Crippen LogP contribution is -2.36. The molecular weight excluding hydrogens is 589 g/mol. The smallest absolute Gasteiger partial charge is 0.416 e. The molecule has 5 rings (SSSR count). The van der Waals surface area contributed by atoms with E-state index in [0.29, 0.717) is 35.1 Å². The summed E-state index contributed by atoms with van der Waals surface area (Å²) in [6.45, 7) is 3.51. The summed E-state index contributed by atoms with van der Waals surface area (Å²) in [5, 5.41) is 16.6. The lowest BCUT2D eigenvalue weighted by atomic mass is 10.1. The molecule has 232 valence electrons. The van der Waals surface area contributed by atoms with Crippen LogP contribution in [-0.2, 0) is 12.7 Å². The molecule has 3 aromatic heterocycles. The molecule has 0 aliphatic carbocycles. The minimum absolute atomic E-state index is 0.0564. The van der Waals surface area contributed by atoms with E-state index in [1.54, 1.807) is 50.4 Å². The van der Waals surface area contributed by atoms with Crippen LogP contribution in [0.2, 0.25) is 0 Å². The molecule has 0 unspecified atom stereocenters. The first kappa shape index (κ1) is 31.2. The van der Waals surface area contributed by atoms with Gasteiger partial charge in [0.25, 0.3) is 0 Å². The number of nitrogens with one attached hydrogen (secondary N) is 1. The van der Waals surface area contributed by atoms with Gasteiger partial charge in [-0.1, -0.05) is 6.07 Å². The van der Waals surface area contributed by atoms with Crippen molar-refractivity contribution in [2.75, 3.05) is 20.6 Å². The van der Waals surface area contributed by atoms with Gasteiger partial charge in [-0.2, -0.15) is 23.5 Å². The fourth-order valence-corrected chi connectivity index (χ4v) is 4.94. The van der Waals surface area contributed by atoms with Crippen molar-refractivity contribution in [3.63, 3.8) is 0 Å². The van der Waals surface area contributed by atoms with Crippen molar-refractivity contribution < 1.29 is 22.4 Å². The van der Waals surface area contributed by atoms with Crippen molar-refractivity contribution in [3.05, 3.63) is 106 Å². The topological polar surface area (TPSA) is 127 Å². The highest BCUT2D eigenvalue weighted by Crippen LogP contribution is 2.32. The maximum Gasteiger partial charge on any atom is 0.416 e. The SMILES string of the molecule is Cc1c(-c2ccnn2-c2ccc(C#N)cc2)n(C(=O)CN[C@@H](C)c2ncc(CN(C)C)o2)c(=O)n1-c1cccc(C(F)(F)F)c1. The summed E-state index contributed by atoms with van der Waals surface area (Å²) in [6, 6.07) is 14.0. The van der Waals surface area contributed by atoms with Crippen LogP contribution in [0.15, 0.2) is 76.2 Å². The number of halogens is 3. The Morgan fingerprint density at radius 3 is 2.53 bits per heavy atom. The van der Waals surface area contributed by atoms with E-state index in [2.05, 4.69) is 15.4 Å². The Bertz CT molecular complexity index is 1940. The monoisotopic (exact) mass is 618 g/mol. The average Bonchev–Trinajstić information content (AvgIpc) is 3.73. The van der Waals surface area contributed by atoms with Crippen LogP contribution in [0, 0.1) is 18.3 Å². The largest absolute Gasteiger partial charge is 0.443 e. The molecule has 0 aliphatic heterocycles. The number of aromatic nitrogens is 5. The normalized spacial score (nSPS) is 12.4. The Kier molecular flexibility index (Phi) is 8.58. The number of nitriles is 1. The third-order valence-electron chi connectivity index (χ3n) is 7.07. The molecule has 0 saturated heterocycles. The summed E-state index contributed by atoms with van der Waals surface area (Å²) >= 11 is 0. The fraction of sp³-hybridized carbons (Fsp3) is 0.258. The molecule has 11 nitrogen and oxygen atoms in total. The molecular formula is C31H29F3N8O3. The number of rotatable bonds is 9. The summed E-state index contributed by atoms with van der Waals surface area (Å²) in [7, 11) is 3.78. The van der Waals surface area contributed by atoms with Gasteiger partial charge < -0.3 is 9.32 Å².